The SMILES string of the molecule is CC(NC(=O)CCNC(=O)N(C)Cc1ccccc1)c1ccc(NC(=O)C2CC2)cc1. The summed E-state index contributed by atoms with van der Waals surface area (Å²) in [6, 6.07) is 16.8. The van der Waals surface area contributed by atoms with Crippen molar-refractivity contribution in [3.63, 3.8) is 0 Å². The van der Waals surface area contributed by atoms with Gasteiger partial charge < -0.3 is 20.9 Å². The number of hydrogen-bond acceptors (Lipinski definition) is 3. The maximum atomic E-state index is 12.2. The van der Waals surface area contributed by atoms with E-state index >= 15 is 0 Å². The molecule has 0 spiro atoms. The lowest BCUT2D eigenvalue weighted by Gasteiger charge is -2.18. The molecule has 1 atom stereocenters. The summed E-state index contributed by atoms with van der Waals surface area (Å²) < 4.78 is 0. The fraction of sp³-hybridized carbons (Fsp3) is 0.375. The number of nitrogens with one attached hydrogen (secondary N) is 3. The Kier molecular flexibility index (Phi) is 7.65. The van der Waals surface area contributed by atoms with Crippen LogP contribution in [0.3, 0.4) is 0 Å². The van der Waals surface area contributed by atoms with Crippen LogP contribution in [0, 0.1) is 5.92 Å². The zero-order valence-corrected chi connectivity index (χ0v) is 18.1. The van der Waals surface area contributed by atoms with Crippen molar-refractivity contribution < 1.29 is 14.4 Å². The first-order valence-electron chi connectivity index (χ1n) is 10.7. The number of amides is 4. The number of carbonyl (C=O) groups excluding carboxylic acids is 3. The molecule has 164 valence electrons. The van der Waals surface area contributed by atoms with Gasteiger partial charge in [-0.25, -0.2) is 4.79 Å². The van der Waals surface area contributed by atoms with Crippen LogP contribution in [0.4, 0.5) is 10.5 Å². The second-order valence-corrected chi connectivity index (χ2v) is 8.00. The Labute approximate surface area is 183 Å². The standard InChI is InChI=1S/C24H30N4O3/c1-17(19-10-12-21(13-11-19)27-23(30)20-8-9-20)26-22(29)14-15-25-24(31)28(2)16-18-6-4-3-5-7-18/h3-7,10-13,17,20H,8-9,14-16H2,1-2H3,(H,25,31)(H,26,29)(H,27,30). The third-order valence-electron chi connectivity index (χ3n) is 5.24. The summed E-state index contributed by atoms with van der Waals surface area (Å²) in [6.45, 7) is 2.68. The van der Waals surface area contributed by atoms with Crippen molar-refractivity contribution in [3.05, 3.63) is 65.7 Å². The van der Waals surface area contributed by atoms with Crippen molar-refractivity contribution in [1.82, 2.24) is 15.5 Å². The second-order valence-electron chi connectivity index (χ2n) is 8.00. The number of anilines is 1. The highest BCUT2D eigenvalue weighted by atomic mass is 16.2. The van der Waals surface area contributed by atoms with Gasteiger partial charge in [0.15, 0.2) is 0 Å². The molecule has 2 aromatic rings. The zero-order chi connectivity index (χ0) is 22.2. The summed E-state index contributed by atoms with van der Waals surface area (Å²) >= 11 is 0. The summed E-state index contributed by atoms with van der Waals surface area (Å²) in [6.07, 6.45) is 2.14. The summed E-state index contributed by atoms with van der Waals surface area (Å²) in [5.74, 6) is 0.103. The van der Waals surface area contributed by atoms with E-state index in [0.29, 0.717) is 6.54 Å². The summed E-state index contributed by atoms with van der Waals surface area (Å²) in [5.41, 5.74) is 2.76. The van der Waals surface area contributed by atoms with Gasteiger partial charge in [-0.2, -0.15) is 0 Å². The lowest BCUT2D eigenvalue weighted by Crippen LogP contribution is -2.39. The molecule has 0 aliphatic heterocycles. The molecular formula is C24H30N4O3. The van der Waals surface area contributed by atoms with E-state index in [4.69, 9.17) is 0 Å². The van der Waals surface area contributed by atoms with E-state index in [2.05, 4.69) is 16.0 Å². The van der Waals surface area contributed by atoms with Crippen LogP contribution in [0.5, 0.6) is 0 Å². The van der Waals surface area contributed by atoms with Crippen LogP contribution in [0.2, 0.25) is 0 Å². The Hall–Kier alpha value is -3.35. The van der Waals surface area contributed by atoms with Crippen LogP contribution in [0.25, 0.3) is 0 Å². The predicted octanol–water partition coefficient (Wildman–Crippen LogP) is 3.44. The van der Waals surface area contributed by atoms with Crippen molar-refractivity contribution in [3.8, 4) is 0 Å². The lowest BCUT2D eigenvalue weighted by atomic mass is 10.1. The molecule has 4 amide bonds. The Morgan fingerprint density at radius 1 is 1.03 bits per heavy atom. The Morgan fingerprint density at radius 2 is 1.71 bits per heavy atom. The molecule has 0 heterocycles. The third-order valence-corrected chi connectivity index (χ3v) is 5.24. The molecule has 7 heteroatoms. The summed E-state index contributed by atoms with van der Waals surface area (Å²) in [4.78, 5) is 37.8. The van der Waals surface area contributed by atoms with E-state index in [1.807, 2.05) is 61.5 Å². The Bertz CT molecular complexity index is 895. The molecule has 1 aliphatic rings. The molecular weight excluding hydrogens is 392 g/mol. The molecule has 7 nitrogen and oxygen atoms in total. The van der Waals surface area contributed by atoms with Gasteiger partial charge in [0.05, 0.1) is 6.04 Å². The van der Waals surface area contributed by atoms with E-state index in [-0.39, 0.29) is 42.8 Å². The Morgan fingerprint density at radius 3 is 2.35 bits per heavy atom. The van der Waals surface area contributed by atoms with Crippen molar-refractivity contribution in [2.45, 2.75) is 38.8 Å². The number of nitrogens with zero attached hydrogens (tertiary/aromatic N) is 1. The van der Waals surface area contributed by atoms with E-state index < -0.39 is 0 Å². The molecule has 1 aliphatic carbocycles. The first-order valence-corrected chi connectivity index (χ1v) is 10.7. The van der Waals surface area contributed by atoms with Crippen LogP contribution in [-0.2, 0) is 16.1 Å². The highest BCUT2D eigenvalue weighted by molar-refractivity contribution is 5.94. The highest BCUT2D eigenvalue weighted by Crippen LogP contribution is 2.30. The van der Waals surface area contributed by atoms with Gasteiger partial charge in [0.25, 0.3) is 0 Å². The maximum absolute atomic E-state index is 12.2. The zero-order valence-electron chi connectivity index (χ0n) is 18.1. The van der Waals surface area contributed by atoms with Crippen LogP contribution < -0.4 is 16.0 Å². The van der Waals surface area contributed by atoms with Gasteiger partial charge in [0.2, 0.25) is 11.8 Å². The van der Waals surface area contributed by atoms with Crippen molar-refractivity contribution in [1.29, 1.82) is 0 Å². The fourth-order valence-electron chi connectivity index (χ4n) is 3.19. The number of hydrogen-bond donors (Lipinski definition) is 3. The summed E-state index contributed by atoms with van der Waals surface area (Å²) in [5, 5.41) is 8.61. The van der Waals surface area contributed by atoms with Gasteiger partial charge in [-0.3, -0.25) is 9.59 Å². The van der Waals surface area contributed by atoms with Gasteiger partial charge in [0, 0.05) is 38.2 Å². The quantitative estimate of drug-likeness (QED) is 0.578. The highest BCUT2D eigenvalue weighted by Gasteiger charge is 2.29. The largest absolute Gasteiger partial charge is 0.350 e. The predicted molar refractivity (Wildman–Crippen MR) is 120 cm³/mol. The van der Waals surface area contributed by atoms with Crippen LogP contribution >= 0.6 is 0 Å². The minimum Gasteiger partial charge on any atom is -0.350 e. The third kappa shape index (κ3) is 7.13. The number of urea groups is 1. The van der Waals surface area contributed by atoms with Crippen LogP contribution in [0.15, 0.2) is 54.6 Å². The smallest absolute Gasteiger partial charge is 0.317 e. The average Bonchev–Trinajstić information content (AvgIpc) is 3.60. The van der Waals surface area contributed by atoms with Gasteiger partial charge in [-0.1, -0.05) is 42.5 Å². The van der Waals surface area contributed by atoms with Crippen molar-refractivity contribution in [2.24, 2.45) is 5.92 Å². The number of carbonyl (C=O) groups is 3. The lowest BCUT2D eigenvalue weighted by molar-refractivity contribution is -0.121. The van der Waals surface area contributed by atoms with Crippen molar-refractivity contribution >= 4 is 23.5 Å². The van der Waals surface area contributed by atoms with E-state index in [9.17, 15) is 14.4 Å². The molecule has 0 saturated heterocycles. The van der Waals surface area contributed by atoms with Gasteiger partial charge in [-0.15, -0.1) is 0 Å². The minimum atomic E-state index is -0.214. The number of benzene rings is 2. The molecule has 0 bridgehead atoms. The molecule has 1 unspecified atom stereocenters. The molecule has 2 aromatic carbocycles. The topological polar surface area (TPSA) is 90.5 Å². The minimum absolute atomic E-state index is 0.0746. The van der Waals surface area contributed by atoms with E-state index in [1.165, 1.54) is 0 Å². The van der Waals surface area contributed by atoms with Gasteiger partial charge >= 0.3 is 6.03 Å². The maximum Gasteiger partial charge on any atom is 0.317 e. The molecule has 3 N–H and O–H groups in total. The summed E-state index contributed by atoms with van der Waals surface area (Å²) in [7, 11) is 1.72. The normalized spacial score (nSPS) is 13.7. The molecule has 0 radical (unpaired) electrons. The van der Waals surface area contributed by atoms with E-state index in [0.717, 1.165) is 29.7 Å². The van der Waals surface area contributed by atoms with Crippen molar-refractivity contribution in [2.75, 3.05) is 18.9 Å². The first kappa shape index (κ1) is 22.3. The average molecular weight is 423 g/mol. The van der Waals surface area contributed by atoms with E-state index in [1.54, 1.807) is 11.9 Å². The van der Waals surface area contributed by atoms with Crippen LogP contribution in [-0.4, -0.2) is 36.3 Å². The van der Waals surface area contributed by atoms with Gasteiger partial charge in [0.1, 0.15) is 0 Å². The Balaban J connectivity index is 1.36. The fourth-order valence-corrected chi connectivity index (χ4v) is 3.19. The second kappa shape index (κ2) is 10.6. The molecule has 31 heavy (non-hydrogen) atoms. The molecule has 3 rings (SSSR count). The van der Waals surface area contributed by atoms with Crippen LogP contribution in [0.1, 0.15) is 43.4 Å². The number of rotatable bonds is 9. The first-order chi connectivity index (χ1) is 14.9. The molecule has 1 fully saturated rings. The van der Waals surface area contributed by atoms with Gasteiger partial charge in [-0.05, 0) is 43.0 Å². The monoisotopic (exact) mass is 422 g/mol. The molecule has 0 aromatic heterocycles. The molecule has 1 saturated carbocycles.